The van der Waals surface area contributed by atoms with E-state index in [-0.39, 0.29) is 18.5 Å². The first-order valence-corrected chi connectivity index (χ1v) is 11.6. The highest BCUT2D eigenvalue weighted by molar-refractivity contribution is 4.88. The zero-order valence-electron chi connectivity index (χ0n) is 20.6. The molecule has 6 nitrogen and oxygen atoms in total. The minimum Gasteiger partial charge on any atom is -1.00 e. The number of ether oxygens (including phenoxy) is 5. The Kier molecular flexibility index (Phi) is 21.2. The van der Waals surface area contributed by atoms with E-state index in [1.807, 2.05) is 0 Å². The minimum atomic E-state index is -1.31. The van der Waals surface area contributed by atoms with Crippen molar-refractivity contribution in [3.63, 3.8) is 0 Å². The second kappa shape index (κ2) is 19.7. The molecule has 1 atom stereocenters. The first kappa shape index (κ1) is 32.2. The molecule has 0 heterocycles. The Morgan fingerprint density at radius 2 is 0.967 bits per heavy atom. The molecule has 0 saturated carbocycles. The Hall–Kier alpha value is 0.0500. The molecule has 0 spiro atoms. The molecule has 0 fully saturated rings. The third-order valence-electron chi connectivity index (χ3n) is 6.08. The fourth-order valence-corrected chi connectivity index (χ4v) is 4.08. The van der Waals surface area contributed by atoms with Crippen molar-refractivity contribution in [2.24, 2.45) is 0 Å². The molecule has 0 bridgehead atoms. The summed E-state index contributed by atoms with van der Waals surface area (Å²) in [6.07, 6.45) is 17.7. The maximum absolute atomic E-state index is 5.70. The van der Waals surface area contributed by atoms with Gasteiger partial charge >= 0.3 is 11.7 Å². The molecule has 184 valence electrons. The zero-order valence-corrected chi connectivity index (χ0v) is 21.4. The van der Waals surface area contributed by atoms with Gasteiger partial charge in [0.1, 0.15) is 6.10 Å². The van der Waals surface area contributed by atoms with Crippen molar-refractivity contribution in [3.8, 4) is 0 Å². The molecule has 7 heteroatoms. The predicted octanol–water partition coefficient (Wildman–Crippen LogP) is 1.66. The van der Waals surface area contributed by atoms with Crippen molar-refractivity contribution < 1.29 is 41.8 Å². The smallest absolute Gasteiger partial charge is 0.373 e. The fraction of sp³-hybridized carbons (Fsp3) is 1.00. The maximum atomic E-state index is 5.70. The van der Waals surface area contributed by atoms with E-state index >= 15 is 0 Å². The number of quaternary nitrogens is 1. The summed E-state index contributed by atoms with van der Waals surface area (Å²) in [5.41, 5.74) is 4.03. The summed E-state index contributed by atoms with van der Waals surface area (Å²) in [6, 6.07) is 0. The van der Waals surface area contributed by atoms with Gasteiger partial charge in [0.2, 0.25) is 0 Å². The van der Waals surface area contributed by atoms with Crippen LogP contribution in [0.25, 0.3) is 0 Å². The van der Waals surface area contributed by atoms with Crippen LogP contribution in [0, 0.1) is 0 Å². The Morgan fingerprint density at radius 3 is 1.27 bits per heavy atom. The van der Waals surface area contributed by atoms with E-state index in [0.29, 0.717) is 0 Å². The van der Waals surface area contributed by atoms with Crippen molar-refractivity contribution in [1.29, 1.82) is 0 Å². The summed E-state index contributed by atoms with van der Waals surface area (Å²) in [4.78, 5) is 0. The predicted molar refractivity (Wildman–Crippen MR) is 117 cm³/mol. The lowest BCUT2D eigenvalue weighted by molar-refractivity contribution is -0.685. The van der Waals surface area contributed by atoms with Gasteiger partial charge in [0, 0.05) is 35.5 Å². The lowest BCUT2D eigenvalue weighted by atomic mass is 9.98. The van der Waals surface area contributed by atoms with Crippen LogP contribution in [0.4, 0.5) is 0 Å². The molecule has 0 amide bonds. The topological polar surface area (TPSA) is 73.8 Å². The maximum Gasteiger partial charge on any atom is 0.373 e. The lowest BCUT2D eigenvalue weighted by Gasteiger charge is -2.43. The Bertz CT molecular complexity index is 366. The van der Waals surface area contributed by atoms with Crippen LogP contribution < -0.4 is 18.1 Å². The molecule has 0 aromatic heterocycles. The van der Waals surface area contributed by atoms with E-state index < -0.39 is 11.7 Å². The van der Waals surface area contributed by atoms with Gasteiger partial charge in [-0.15, -0.1) is 0 Å². The van der Waals surface area contributed by atoms with Gasteiger partial charge in [-0.3, -0.25) is 5.73 Å². The highest BCUT2D eigenvalue weighted by Crippen LogP contribution is 2.33. The summed E-state index contributed by atoms with van der Waals surface area (Å²) in [6.45, 7) is 2.27. The quantitative estimate of drug-likeness (QED) is 0.210. The lowest BCUT2D eigenvalue weighted by Crippen LogP contribution is -3.00. The second-order valence-electron chi connectivity index (χ2n) is 7.99. The third kappa shape index (κ3) is 10.6. The van der Waals surface area contributed by atoms with Crippen molar-refractivity contribution in [2.75, 3.05) is 35.5 Å². The second-order valence-corrected chi connectivity index (χ2v) is 7.99. The van der Waals surface area contributed by atoms with Gasteiger partial charge in [-0.2, -0.15) is 0 Å². The number of unbranched alkanes of at least 4 members (excludes halogenated alkanes) is 12. The number of methoxy groups -OCH3 is 5. The molecule has 0 aliphatic carbocycles. The molecule has 3 N–H and O–H groups in total. The van der Waals surface area contributed by atoms with E-state index in [9.17, 15) is 0 Å². The number of hydrogen-bond donors (Lipinski definition) is 1. The van der Waals surface area contributed by atoms with E-state index in [1.165, 1.54) is 91.3 Å². The van der Waals surface area contributed by atoms with Gasteiger partial charge in [0.15, 0.2) is 0 Å². The Morgan fingerprint density at radius 1 is 0.600 bits per heavy atom. The van der Waals surface area contributed by atoms with Gasteiger partial charge in [-0.25, -0.2) is 0 Å². The van der Waals surface area contributed by atoms with E-state index in [0.717, 1.165) is 12.8 Å². The van der Waals surface area contributed by atoms with Crippen LogP contribution in [-0.4, -0.2) is 53.4 Å². The molecule has 0 aromatic rings. The van der Waals surface area contributed by atoms with Gasteiger partial charge < -0.3 is 36.1 Å². The van der Waals surface area contributed by atoms with Crippen LogP contribution in [0.3, 0.4) is 0 Å². The van der Waals surface area contributed by atoms with Crippen molar-refractivity contribution in [3.05, 3.63) is 0 Å². The molecule has 1 unspecified atom stereocenters. The normalized spacial score (nSPS) is 13.3. The SMILES string of the molecule is CCCCCCCCCCCCCCCC(OC)C(OC)(OC)C([NH3+])(OC)OC.[Cl-]. The monoisotopic (exact) mass is 455 g/mol. The summed E-state index contributed by atoms with van der Waals surface area (Å²) in [5.74, 6) is -2.55. The summed E-state index contributed by atoms with van der Waals surface area (Å²) in [5, 5.41) is 0. The van der Waals surface area contributed by atoms with Gasteiger partial charge in [0.05, 0.1) is 0 Å². The first-order chi connectivity index (χ1) is 14.0. The van der Waals surface area contributed by atoms with Crippen molar-refractivity contribution in [2.45, 2.75) is 115 Å². The molecule has 30 heavy (non-hydrogen) atoms. The molecule has 0 aromatic carbocycles. The highest BCUT2D eigenvalue weighted by Gasteiger charge is 2.62. The van der Waals surface area contributed by atoms with Gasteiger partial charge in [-0.1, -0.05) is 90.4 Å². The van der Waals surface area contributed by atoms with Crippen LogP contribution in [0.1, 0.15) is 96.8 Å². The number of hydrogen-bond acceptors (Lipinski definition) is 5. The molecular formula is C23H50ClNO5. The van der Waals surface area contributed by atoms with Crippen LogP contribution in [0.5, 0.6) is 0 Å². The standard InChI is InChI=1S/C23H49NO5.ClH/c1-7-8-9-10-11-12-13-14-15-16-17-18-19-20-21(25-2)22(26-3,27-4)23(24,28-5)29-6;/h21H,7-20,24H2,1-6H3;1H. The van der Waals surface area contributed by atoms with Crippen LogP contribution in [0.15, 0.2) is 0 Å². The van der Waals surface area contributed by atoms with Crippen LogP contribution in [-0.2, 0) is 23.7 Å². The molecule has 0 aliphatic heterocycles. The molecule has 0 aliphatic rings. The van der Waals surface area contributed by atoms with Gasteiger partial charge in [0.25, 0.3) is 0 Å². The van der Waals surface area contributed by atoms with Gasteiger partial charge in [-0.05, 0) is 6.42 Å². The van der Waals surface area contributed by atoms with Crippen LogP contribution >= 0.6 is 0 Å². The van der Waals surface area contributed by atoms with E-state index in [2.05, 4.69) is 12.7 Å². The van der Waals surface area contributed by atoms with Crippen molar-refractivity contribution >= 4 is 0 Å². The molecule has 0 radical (unpaired) electrons. The minimum absolute atomic E-state index is 0. The zero-order chi connectivity index (χ0) is 22.0. The number of rotatable bonds is 21. The molecule has 0 rings (SSSR count). The Labute approximate surface area is 192 Å². The highest BCUT2D eigenvalue weighted by atomic mass is 35.5. The molecule has 0 saturated heterocycles. The Balaban J connectivity index is 0. The van der Waals surface area contributed by atoms with Crippen LogP contribution in [0.2, 0.25) is 0 Å². The van der Waals surface area contributed by atoms with E-state index in [4.69, 9.17) is 23.7 Å². The average molecular weight is 456 g/mol. The average Bonchev–Trinajstić information content (AvgIpc) is 2.76. The van der Waals surface area contributed by atoms with Crippen molar-refractivity contribution in [1.82, 2.24) is 0 Å². The first-order valence-electron chi connectivity index (χ1n) is 11.6. The summed E-state index contributed by atoms with van der Waals surface area (Å²) < 4.78 is 28.0. The summed E-state index contributed by atoms with van der Waals surface area (Å²) in [7, 11) is 7.85. The third-order valence-corrected chi connectivity index (χ3v) is 6.08. The molecular weight excluding hydrogens is 406 g/mol. The largest absolute Gasteiger partial charge is 1.00 e. The summed E-state index contributed by atoms with van der Waals surface area (Å²) >= 11 is 0. The number of halogens is 1. The fourth-order valence-electron chi connectivity index (χ4n) is 4.08. The van der Waals surface area contributed by atoms with E-state index in [1.54, 1.807) is 21.3 Å².